The number of halogens is 1. The van der Waals surface area contributed by atoms with E-state index < -0.39 is 5.97 Å². The van der Waals surface area contributed by atoms with Crippen molar-refractivity contribution in [3.8, 4) is 11.5 Å². The molecule has 9 heteroatoms. The van der Waals surface area contributed by atoms with Crippen molar-refractivity contribution in [3.63, 3.8) is 0 Å². The molecule has 4 rings (SSSR count). The van der Waals surface area contributed by atoms with Crippen molar-refractivity contribution in [1.29, 1.82) is 0 Å². The SMILES string of the molecule is O=C(Cc1csc(COc2ccc(Cl)cc2)n1)Oc1ccc(NC(=O)c2cccs2)cc1. The van der Waals surface area contributed by atoms with Crippen LogP contribution in [0.25, 0.3) is 0 Å². The summed E-state index contributed by atoms with van der Waals surface area (Å²) in [5.41, 5.74) is 1.24. The highest BCUT2D eigenvalue weighted by Gasteiger charge is 2.12. The molecule has 2 aromatic heterocycles. The van der Waals surface area contributed by atoms with Crippen LogP contribution in [0.2, 0.25) is 5.02 Å². The van der Waals surface area contributed by atoms with E-state index in [1.807, 2.05) is 16.8 Å². The first-order valence-electron chi connectivity index (χ1n) is 9.52. The topological polar surface area (TPSA) is 77.5 Å². The Morgan fingerprint density at radius 1 is 0.969 bits per heavy atom. The van der Waals surface area contributed by atoms with Crippen molar-refractivity contribution in [1.82, 2.24) is 4.98 Å². The minimum Gasteiger partial charge on any atom is -0.486 e. The maximum absolute atomic E-state index is 12.3. The second-order valence-electron chi connectivity index (χ2n) is 6.58. The zero-order valence-corrected chi connectivity index (χ0v) is 19.0. The fourth-order valence-corrected chi connectivity index (χ4v) is 4.14. The molecule has 6 nitrogen and oxygen atoms in total. The largest absolute Gasteiger partial charge is 0.486 e. The van der Waals surface area contributed by atoms with Crippen LogP contribution in [0.3, 0.4) is 0 Å². The standard InChI is InChI=1S/C23H17ClN2O4S2/c24-15-3-7-18(8-4-15)29-13-21-25-17(14-32-21)12-22(27)30-19-9-5-16(6-10-19)26-23(28)20-2-1-11-31-20/h1-11,14H,12-13H2,(H,26,28). The minimum absolute atomic E-state index is 0.0499. The summed E-state index contributed by atoms with van der Waals surface area (Å²) in [5, 5.41) is 7.85. The number of nitrogens with one attached hydrogen (secondary N) is 1. The molecule has 0 aliphatic heterocycles. The Labute approximate surface area is 197 Å². The van der Waals surface area contributed by atoms with Crippen molar-refractivity contribution in [2.24, 2.45) is 0 Å². The molecular weight excluding hydrogens is 468 g/mol. The van der Waals surface area contributed by atoms with Gasteiger partial charge >= 0.3 is 5.97 Å². The van der Waals surface area contributed by atoms with Gasteiger partial charge in [0.2, 0.25) is 0 Å². The molecule has 1 amide bonds. The van der Waals surface area contributed by atoms with E-state index in [9.17, 15) is 9.59 Å². The Morgan fingerprint density at radius 3 is 2.44 bits per heavy atom. The van der Waals surface area contributed by atoms with Gasteiger partial charge in [0.25, 0.3) is 5.91 Å². The molecule has 1 N–H and O–H groups in total. The van der Waals surface area contributed by atoms with Gasteiger partial charge in [0.15, 0.2) is 0 Å². The van der Waals surface area contributed by atoms with Crippen LogP contribution in [0.5, 0.6) is 11.5 Å². The first-order chi connectivity index (χ1) is 15.5. The molecule has 0 unspecified atom stereocenters. The number of esters is 1. The van der Waals surface area contributed by atoms with E-state index in [4.69, 9.17) is 21.1 Å². The van der Waals surface area contributed by atoms with Crippen molar-refractivity contribution >= 4 is 51.8 Å². The summed E-state index contributed by atoms with van der Waals surface area (Å²) < 4.78 is 11.0. The van der Waals surface area contributed by atoms with Crippen LogP contribution in [-0.4, -0.2) is 16.9 Å². The molecule has 0 fully saturated rings. The first kappa shape index (κ1) is 22.0. The Hall–Kier alpha value is -3.20. The summed E-state index contributed by atoms with van der Waals surface area (Å²) in [6.07, 6.45) is 0.0499. The number of carbonyl (C=O) groups is 2. The summed E-state index contributed by atoms with van der Waals surface area (Å²) in [6, 6.07) is 17.3. The van der Waals surface area contributed by atoms with Crippen LogP contribution in [0.15, 0.2) is 71.4 Å². The van der Waals surface area contributed by atoms with Crippen molar-refractivity contribution < 1.29 is 19.1 Å². The second kappa shape index (κ2) is 10.4. The van der Waals surface area contributed by atoms with Crippen LogP contribution in [0.4, 0.5) is 5.69 Å². The van der Waals surface area contributed by atoms with Gasteiger partial charge in [0.05, 0.1) is 17.0 Å². The molecular formula is C23H17ClN2O4S2. The predicted octanol–water partition coefficient (Wildman–Crippen LogP) is 5.84. The zero-order valence-electron chi connectivity index (χ0n) is 16.6. The normalized spacial score (nSPS) is 10.5. The minimum atomic E-state index is -0.421. The highest BCUT2D eigenvalue weighted by molar-refractivity contribution is 7.12. The Balaban J connectivity index is 1.25. The summed E-state index contributed by atoms with van der Waals surface area (Å²) in [6.45, 7) is 0.306. The average Bonchev–Trinajstić information content (AvgIpc) is 3.47. The quantitative estimate of drug-likeness (QED) is 0.251. The Morgan fingerprint density at radius 2 is 1.72 bits per heavy atom. The molecule has 0 aliphatic carbocycles. The zero-order chi connectivity index (χ0) is 22.3. The number of carbonyl (C=O) groups excluding carboxylic acids is 2. The molecule has 0 bridgehead atoms. The van der Waals surface area contributed by atoms with Gasteiger partial charge in [-0.25, -0.2) is 4.98 Å². The Bertz CT molecular complexity index is 1190. The van der Waals surface area contributed by atoms with E-state index in [1.54, 1.807) is 54.6 Å². The van der Waals surface area contributed by atoms with Gasteiger partial charge in [-0.15, -0.1) is 22.7 Å². The number of anilines is 1. The van der Waals surface area contributed by atoms with E-state index in [0.29, 0.717) is 39.4 Å². The molecule has 32 heavy (non-hydrogen) atoms. The number of rotatable bonds is 8. The predicted molar refractivity (Wildman–Crippen MR) is 126 cm³/mol. The van der Waals surface area contributed by atoms with E-state index in [-0.39, 0.29) is 12.3 Å². The third-order valence-corrected chi connectivity index (χ3v) is 6.18. The van der Waals surface area contributed by atoms with Gasteiger partial charge in [-0.3, -0.25) is 9.59 Å². The number of amides is 1. The van der Waals surface area contributed by atoms with Crippen LogP contribution in [0, 0.1) is 0 Å². The number of benzene rings is 2. The number of thiazole rings is 1. The molecule has 162 valence electrons. The first-order valence-corrected chi connectivity index (χ1v) is 11.7. The molecule has 0 saturated heterocycles. The number of aromatic nitrogens is 1. The van der Waals surface area contributed by atoms with Gasteiger partial charge in [0.1, 0.15) is 23.1 Å². The highest BCUT2D eigenvalue weighted by Crippen LogP contribution is 2.20. The summed E-state index contributed by atoms with van der Waals surface area (Å²) in [5.74, 6) is 0.492. The van der Waals surface area contributed by atoms with Crippen LogP contribution < -0.4 is 14.8 Å². The number of nitrogens with zero attached hydrogens (tertiary/aromatic N) is 1. The third kappa shape index (κ3) is 6.16. The van der Waals surface area contributed by atoms with Crippen molar-refractivity contribution in [2.45, 2.75) is 13.0 Å². The van der Waals surface area contributed by atoms with E-state index in [1.165, 1.54) is 22.7 Å². The fraction of sp³-hybridized carbons (Fsp3) is 0.0870. The maximum Gasteiger partial charge on any atom is 0.317 e. The van der Waals surface area contributed by atoms with Gasteiger partial charge in [0, 0.05) is 16.1 Å². The lowest BCUT2D eigenvalue weighted by atomic mass is 10.3. The number of hydrogen-bond acceptors (Lipinski definition) is 7. The lowest BCUT2D eigenvalue weighted by molar-refractivity contribution is -0.133. The third-order valence-electron chi connectivity index (χ3n) is 4.19. The monoisotopic (exact) mass is 484 g/mol. The lowest BCUT2D eigenvalue weighted by Crippen LogP contribution is -2.12. The number of thiophene rings is 1. The van der Waals surface area contributed by atoms with Crippen LogP contribution in [-0.2, 0) is 17.8 Å². The summed E-state index contributed by atoms with van der Waals surface area (Å²) >= 11 is 8.64. The summed E-state index contributed by atoms with van der Waals surface area (Å²) in [4.78, 5) is 29.4. The molecule has 0 atom stereocenters. The number of ether oxygens (including phenoxy) is 2. The average molecular weight is 485 g/mol. The Kier molecular flexibility index (Phi) is 7.16. The lowest BCUT2D eigenvalue weighted by Gasteiger charge is -2.06. The van der Waals surface area contributed by atoms with Crippen LogP contribution >= 0.6 is 34.3 Å². The molecule has 0 aliphatic rings. The van der Waals surface area contributed by atoms with E-state index >= 15 is 0 Å². The number of hydrogen-bond donors (Lipinski definition) is 1. The molecule has 0 radical (unpaired) electrons. The van der Waals surface area contributed by atoms with Crippen LogP contribution in [0.1, 0.15) is 20.4 Å². The molecule has 2 heterocycles. The fourth-order valence-electron chi connectivity index (χ4n) is 2.69. The maximum atomic E-state index is 12.3. The molecule has 2 aromatic carbocycles. The van der Waals surface area contributed by atoms with Crippen molar-refractivity contribution in [2.75, 3.05) is 5.32 Å². The van der Waals surface area contributed by atoms with Gasteiger partial charge in [-0.2, -0.15) is 0 Å². The summed E-state index contributed by atoms with van der Waals surface area (Å²) in [7, 11) is 0. The van der Waals surface area contributed by atoms with Gasteiger partial charge in [-0.05, 0) is 60.0 Å². The van der Waals surface area contributed by atoms with Gasteiger partial charge in [-0.1, -0.05) is 17.7 Å². The van der Waals surface area contributed by atoms with E-state index in [0.717, 1.165) is 5.01 Å². The second-order valence-corrected chi connectivity index (χ2v) is 8.91. The smallest absolute Gasteiger partial charge is 0.317 e. The molecule has 0 saturated carbocycles. The molecule has 4 aromatic rings. The molecule has 0 spiro atoms. The van der Waals surface area contributed by atoms with Gasteiger partial charge < -0.3 is 14.8 Å². The highest BCUT2D eigenvalue weighted by atomic mass is 35.5. The van der Waals surface area contributed by atoms with Crippen molar-refractivity contribution in [3.05, 3.63) is 92.0 Å². The van der Waals surface area contributed by atoms with E-state index in [2.05, 4.69) is 10.3 Å².